The van der Waals surface area contributed by atoms with Crippen LogP contribution in [0.3, 0.4) is 0 Å². The molecule has 0 spiro atoms. The third-order valence-electron chi connectivity index (χ3n) is 2.64. The molecule has 1 aromatic carbocycles. The minimum absolute atomic E-state index is 0.0855. The Kier molecular flexibility index (Phi) is 3.83. The standard InChI is InChI=1S/C14H17NO2/c1-11(9-14-3-2-8-17-14)15-13-6-4-12(10-16)5-7-13/h2-8,11,15-16H,9-10H2,1H3. The topological polar surface area (TPSA) is 45.4 Å². The van der Waals surface area contributed by atoms with E-state index in [0.29, 0.717) is 6.04 Å². The first-order chi connectivity index (χ1) is 8.28. The number of nitrogens with one attached hydrogen (secondary N) is 1. The van der Waals surface area contributed by atoms with Crippen LogP contribution in [0, 0.1) is 0 Å². The molecule has 2 N–H and O–H groups in total. The van der Waals surface area contributed by atoms with Gasteiger partial charge in [-0.3, -0.25) is 0 Å². The molecule has 90 valence electrons. The first-order valence-electron chi connectivity index (χ1n) is 5.76. The zero-order valence-electron chi connectivity index (χ0n) is 9.89. The maximum atomic E-state index is 8.95. The summed E-state index contributed by atoms with van der Waals surface area (Å²) < 4.78 is 5.31. The minimum Gasteiger partial charge on any atom is -0.469 e. The quantitative estimate of drug-likeness (QED) is 0.831. The van der Waals surface area contributed by atoms with Gasteiger partial charge in [0.2, 0.25) is 0 Å². The monoisotopic (exact) mass is 231 g/mol. The highest BCUT2D eigenvalue weighted by atomic mass is 16.3. The molecular formula is C14H17NO2. The van der Waals surface area contributed by atoms with Crippen LogP contribution in [-0.2, 0) is 13.0 Å². The molecule has 17 heavy (non-hydrogen) atoms. The van der Waals surface area contributed by atoms with Gasteiger partial charge in [0.1, 0.15) is 5.76 Å². The van der Waals surface area contributed by atoms with Gasteiger partial charge in [0.25, 0.3) is 0 Å². The second-order valence-electron chi connectivity index (χ2n) is 4.18. The Morgan fingerprint density at radius 2 is 2.00 bits per heavy atom. The summed E-state index contributed by atoms with van der Waals surface area (Å²) in [6.07, 6.45) is 2.55. The summed E-state index contributed by atoms with van der Waals surface area (Å²) in [7, 11) is 0. The molecule has 2 aromatic rings. The van der Waals surface area contributed by atoms with Crippen molar-refractivity contribution in [3.8, 4) is 0 Å². The van der Waals surface area contributed by atoms with Crippen molar-refractivity contribution >= 4 is 5.69 Å². The molecule has 0 radical (unpaired) electrons. The van der Waals surface area contributed by atoms with Gasteiger partial charge in [-0.15, -0.1) is 0 Å². The average molecular weight is 231 g/mol. The lowest BCUT2D eigenvalue weighted by Gasteiger charge is -2.14. The molecule has 2 rings (SSSR count). The molecule has 0 fully saturated rings. The van der Waals surface area contributed by atoms with E-state index in [4.69, 9.17) is 9.52 Å². The van der Waals surface area contributed by atoms with Gasteiger partial charge < -0.3 is 14.8 Å². The first-order valence-corrected chi connectivity index (χ1v) is 5.76. The summed E-state index contributed by atoms with van der Waals surface area (Å²) in [5, 5.41) is 12.3. The smallest absolute Gasteiger partial charge is 0.105 e. The fourth-order valence-corrected chi connectivity index (χ4v) is 1.77. The Hall–Kier alpha value is -1.74. The van der Waals surface area contributed by atoms with Crippen LogP contribution < -0.4 is 5.32 Å². The number of benzene rings is 1. The number of furan rings is 1. The molecule has 0 aliphatic carbocycles. The molecule has 0 amide bonds. The summed E-state index contributed by atoms with van der Waals surface area (Å²) in [6.45, 7) is 2.20. The van der Waals surface area contributed by atoms with Crippen LogP contribution >= 0.6 is 0 Å². The average Bonchev–Trinajstić information content (AvgIpc) is 2.82. The van der Waals surface area contributed by atoms with Gasteiger partial charge in [-0.1, -0.05) is 12.1 Å². The van der Waals surface area contributed by atoms with Gasteiger partial charge in [0.05, 0.1) is 12.9 Å². The van der Waals surface area contributed by atoms with E-state index in [1.54, 1.807) is 6.26 Å². The predicted octanol–water partition coefficient (Wildman–Crippen LogP) is 2.82. The van der Waals surface area contributed by atoms with E-state index in [-0.39, 0.29) is 6.61 Å². The maximum absolute atomic E-state index is 8.95. The van der Waals surface area contributed by atoms with E-state index in [2.05, 4.69) is 12.2 Å². The number of hydrogen-bond acceptors (Lipinski definition) is 3. The normalized spacial score (nSPS) is 12.4. The Labute approximate surface area is 101 Å². The van der Waals surface area contributed by atoms with Crippen LogP contribution in [0.1, 0.15) is 18.2 Å². The number of aliphatic hydroxyl groups is 1. The highest BCUT2D eigenvalue weighted by molar-refractivity contribution is 5.45. The SMILES string of the molecule is CC(Cc1ccco1)Nc1ccc(CO)cc1. The van der Waals surface area contributed by atoms with Crippen LogP contribution in [0.5, 0.6) is 0 Å². The first kappa shape index (κ1) is 11.7. The fraction of sp³-hybridized carbons (Fsp3) is 0.286. The Morgan fingerprint density at radius 3 is 2.59 bits per heavy atom. The van der Waals surface area contributed by atoms with E-state index < -0.39 is 0 Å². The van der Waals surface area contributed by atoms with Crippen molar-refractivity contribution in [1.82, 2.24) is 0 Å². The van der Waals surface area contributed by atoms with Crippen molar-refractivity contribution in [2.75, 3.05) is 5.32 Å². The van der Waals surface area contributed by atoms with Crippen LogP contribution in [0.15, 0.2) is 47.1 Å². The van der Waals surface area contributed by atoms with Crippen LogP contribution in [0.4, 0.5) is 5.69 Å². The highest BCUT2D eigenvalue weighted by Gasteiger charge is 2.05. The van der Waals surface area contributed by atoms with Crippen LogP contribution in [-0.4, -0.2) is 11.1 Å². The van der Waals surface area contributed by atoms with E-state index in [0.717, 1.165) is 23.4 Å². The van der Waals surface area contributed by atoms with E-state index in [1.807, 2.05) is 36.4 Å². The van der Waals surface area contributed by atoms with Crippen molar-refractivity contribution in [1.29, 1.82) is 0 Å². The molecule has 1 atom stereocenters. The Bertz CT molecular complexity index is 434. The van der Waals surface area contributed by atoms with E-state index in [1.165, 1.54) is 0 Å². The largest absolute Gasteiger partial charge is 0.469 e. The molecule has 3 heteroatoms. The van der Waals surface area contributed by atoms with E-state index in [9.17, 15) is 0 Å². The van der Waals surface area contributed by atoms with Gasteiger partial charge in [-0.05, 0) is 36.8 Å². The fourth-order valence-electron chi connectivity index (χ4n) is 1.77. The number of hydrogen-bond donors (Lipinski definition) is 2. The predicted molar refractivity (Wildman–Crippen MR) is 67.9 cm³/mol. The van der Waals surface area contributed by atoms with Gasteiger partial charge in [-0.2, -0.15) is 0 Å². The molecule has 1 unspecified atom stereocenters. The maximum Gasteiger partial charge on any atom is 0.105 e. The number of anilines is 1. The molecule has 0 bridgehead atoms. The van der Waals surface area contributed by atoms with Gasteiger partial charge in [0, 0.05) is 18.2 Å². The molecule has 0 saturated heterocycles. The van der Waals surface area contributed by atoms with Crippen molar-refractivity contribution < 1.29 is 9.52 Å². The summed E-state index contributed by atoms with van der Waals surface area (Å²) in [5.41, 5.74) is 1.98. The summed E-state index contributed by atoms with van der Waals surface area (Å²) in [4.78, 5) is 0. The molecule has 0 aliphatic heterocycles. The van der Waals surface area contributed by atoms with Crippen LogP contribution in [0.2, 0.25) is 0 Å². The molecule has 1 heterocycles. The van der Waals surface area contributed by atoms with Crippen LogP contribution in [0.25, 0.3) is 0 Å². The summed E-state index contributed by atoms with van der Waals surface area (Å²) >= 11 is 0. The van der Waals surface area contributed by atoms with Crippen molar-refractivity contribution in [3.05, 3.63) is 54.0 Å². The second-order valence-corrected chi connectivity index (χ2v) is 4.18. The molecule has 0 saturated carbocycles. The minimum atomic E-state index is 0.0855. The van der Waals surface area contributed by atoms with E-state index >= 15 is 0 Å². The summed E-state index contributed by atoms with van der Waals surface area (Å²) in [5.74, 6) is 0.983. The molecule has 1 aromatic heterocycles. The van der Waals surface area contributed by atoms with Gasteiger partial charge in [0.15, 0.2) is 0 Å². The lowest BCUT2D eigenvalue weighted by molar-refractivity contribution is 0.282. The Balaban J connectivity index is 1.91. The number of aliphatic hydroxyl groups excluding tert-OH is 1. The zero-order chi connectivity index (χ0) is 12.1. The molecule has 3 nitrogen and oxygen atoms in total. The summed E-state index contributed by atoms with van der Waals surface area (Å²) in [6, 6.07) is 12.0. The Morgan fingerprint density at radius 1 is 1.24 bits per heavy atom. The van der Waals surface area contributed by atoms with Crippen molar-refractivity contribution in [2.45, 2.75) is 26.0 Å². The third-order valence-corrected chi connectivity index (χ3v) is 2.64. The number of rotatable bonds is 5. The third kappa shape index (κ3) is 3.36. The van der Waals surface area contributed by atoms with Crippen molar-refractivity contribution in [3.63, 3.8) is 0 Å². The second kappa shape index (κ2) is 5.55. The lowest BCUT2D eigenvalue weighted by atomic mass is 10.1. The lowest BCUT2D eigenvalue weighted by Crippen LogP contribution is -2.17. The van der Waals surface area contributed by atoms with Gasteiger partial charge >= 0.3 is 0 Å². The molecular weight excluding hydrogens is 214 g/mol. The zero-order valence-corrected chi connectivity index (χ0v) is 9.89. The van der Waals surface area contributed by atoms with Gasteiger partial charge in [-0.25, -0.2) is 0 Å². The highest BCUT2D eigenvalue weighted by Crippen LogP contribution is 2.13. The molecule has 0 aliphatic rings. The van der Waals surface area contributed by atoms with Crippen molar-refractivity contribution in [2.24, 2.45) is 0 Å².